The van der Waals surface area contributed by atoms with Gasteiger partial charge >= 0.3 is 0 Å². The Morgan fingerprint density at radius 2 is 1.90 bits per heavy atom. The number of hydrogen-bond donors (Lipinski definition) is 1. The average molecular weight is 406 g/mol. The minimum Gasteiger partial charge on any atom is -0.325 e. The predicted molar refractivity (Wildman–Crippen MR) is 116 cm³/mol. The number of benzene rings is 2. The summed E-state index contributed by atoms with van der Waals surface area (Å²) in [7, 11) is 1.89. The van der Waals surface area contributed by atoms with Crippen LogP contribution < -0.4 is 5.32 Å². The molecule has 0 unspecified atom stereocenters. The average Bonchev–Trinajstić information content (AvgIpc) is 3.06. The molecular weight excluding hydrogens is 382 g/mol. The maximum Gasteiger partial charge on any atom is 0.234 e. The lowest BCUT2D eigenvalue weighted by molar-refractivity contribution is -0.113. The van der Waals surface area contributed by atoms with Gasteiger partial charge in [0.15, 0.2) is 11.0 Å². The standard InChI is InChI=1S/C22H23N5OS/c1-22(2,3)17-10-8-16(9-11-17)20-25-26-21(27(20)4)29-14-19(28)24-18-7-5-6-15(12-18)13-23/h5-12H,14H2,1-4H3,(H,24,28). The molecule has 0 radical (unpaired) electrons. The minimum absolute atomic E-state index is 0.0968. The summed E-state index contributed by atoms with van der Waals surface area (Å²) in [4.78, 5) is 12.2. The van der Waals surface area contributed by atoms with Crippen LogP contribution >= 0.6 is 11.8 Å². The van der Waals surface area contributed by atoms with Crippen LogP contribution in [0.4, 0.5) is 5.69 Å². The molecule has 6 nitrogen and oxygen atoms in total. The van der Waals surface area contributed by atoms with E-state index in [4.69, 9.17) is 5.26 Å². The molecule has 0 fully saturated rings. The number of rotatable bonds is 5. The van der Waals surface area contributed by atoms with E-state index in [0.29, 0.717) is 16.4 Å². The van der Waals surface area contributed by atoms with Gasteiger partial charge in [-0.3, -0.25) is 4.79 Å². The van der Waals surface area contributed by atoms with E-state index in [9.17, 15) is 4.79 Å². The van der Waals surface area contributed by atoms with Crippen molar-refractivity contribution >= 4 is 23.4 Å². The second-order valence-electron chi connectivity index (χ2n) is 7.72. The number of nitrogens with one attached hydrogen (secondary N) is 1. The molecule has 0 spiro atoms. The summed E-state index contributed by atoms with van der Waals surface area (Å²) < 4.78 is 1.89. The van der Waals surface area contributed by atoms with Gasteiger partial charge in [-0.25, -0.2) is 0 Å². The van der Waals surface area contributed by atoms with Crippen LogP contribution in [0.1, 0.15) is 31.9 Å². The Morgan fingerprint density at radius 3 is 2.55 bits per heavy atom. The lowest BCUT2D eigenvalue weighted by Gasteiger charge is -2.19. The highest BCUT2D eigenvalue weighted by Crippen LogP contribution is 2.27. The first-order chi connectivity index (χ1) is 13.8. The largest absolute Gasteiger partial charge is 0.325 e. The second kappa shape index (κ2) is 8.50. The van der Waals surface area contributed by atoms with Crippen LogP contribution in [0.15, 0.2) is 53.7 Å². The number of anilines is 1. The zero-order valence-electron chi connectivity index (χ0n) is 16.9. The number of nitrogens with zero attached hydrogens (tertiary/aromatic N) is 4. The molecule has 0 bridgehead atoms. The number of carbonyl (C=O) groups is 1. The third-order valence-corrected chi connectivity index (χ3v) is 5.47. The van der Waals surface area contributed by atoms with Crippen LogP contribution in [-0.4, -0.2) is 26.4 Å². The van der Waals surface area contributed by atoms with Gasteiger partial charge in [-0.05, 0) is 29.2 Å². The molecule has 3 rings (SSSR count). The van der Waals surface area contributed by atoms with Crippen LogP contribution in [0.3, 0.4) is 0 Å². The smallest absolute Gasteiger partial charge is 0.234 e. The molecule has 1 aromatic heterocycles. The summed E-state index contributed by atoms with van der Waals surface area (Å²) in [6.45, 7) is 6.54. The van der Waals surface area contributed by atoms with Gasteiger partial charge in [-0.2, -0.15) is 5.26 Å². The number of hydrogen-bond acceptors (Lipinski definition) is 5. The lowest BCUT2D eigenvalue weighted by Crippen LogP contribution is -2.14. The first-order valence-electron chi connectivity index (χ1n) is 9.21. The second-order valence-corrected chi connectivity index (χ2v) is 8.66. The van der Waals surface area contributed by atoms with E-state index in [2.05, 4.69) is 54.5 Å². The van der Waals surface area contributed by atoms with Crippen molar-refractivity contribution in [2.75, 3.05) is 11.1 Å². The quantitative estimate of drug-likeness (QED) is 0.637. The van der Waals surface area contributed by atoms with Crippen molar-refractivity contribution < 1.29 is 4.79 Å². The van der Waals surface area contributed by atoms with Gasteiger partial charge in [0.1, 0.15) is 0 Å². The van der Waals surface area contributed by atoms with Crippen molar-refractivity contribution in [3.05, 3.63) is 59.7 Å². The molecule has 0 saturated carbocycles. The third kappa shape index (κ3) is 5.04. The Hall–Kier alpha value is -3.11. The number of carbonyl (C=O) groups excluding carboxylic acids is 1. The summed E-state index contributed by atoms with van der Waals surface area (Å²) in [6, 6.07) is 17.2. The fraction of sp³-hybridized carbons (Fsp3) is 0.273. The molecule has 0 aliphatic rings. The maximum absolute atomic E-state index is 12.2. The fourth-order valence-electron chi connectivity index (χ4n) is 2.80. The Balaban J connectivity index is 1.65. The van der Waals surface area contributed by atoms with Gasteiger partial charge in [0.2, 0.25) is 5.91 Å². The molecule has 148 valence electrons. The first-order valence-corrected chi connectivity index (χ1v) is 10.2. The van der Waals surface area contributed by atoms with Crippen molar-refractivity contribution in [1.82, 2.24) is 14.8 Å². The number of thioether (sulfide) groups is 1. The molecule has 0 saturated heterocycles. The van der Waals surface area contributed by atoms with E-state index < -0.39 is 0 Å². The molecule has 2 aromatic carbocycles. The molecule has 1 heterocycles. The van der Waals surface area contributed by atoms with Gasteiger partial charge in [-0.15, -0.1) is 10.2 Å². The molecular formula is C22H23N5OS. The van der Waals surface area contributed by atoms with Crippen molar-refractivity contribution in [2.45, 2.75) is 31.3 Å². The van der Waals surface area contributed by atoms with Crippen LogP contribution in [0.2, 0.25) is 0 Å². The Labute approximate surface area is 175 Å². The highest BCUT2D eigenvalue weighted by atomic mass is 32.2. The van der Waals surface area contributed by atoms with Crippen LogP contribution in [0.5, 0.6) is 0 Å². The number of nitriles is 1. The summed E-state index contributed by atoms with van der Waals surface area (Å²) in [6.07, 6.45) is 0. The lowest BCUT2D eigenvalue weighted by atomic mass is 9.87. The third-order valence-electron chi connectivity index (χ3n) is 4.45. The van der Waals surface area contributed by atoms with Crippen molar-refractivity contribution in [2.24, 2.45) is 7.05 Å². The summed E-state index contributed by atoms with van der Waals surface area (Å²) >= 11 is 1.32. The van der Waals surface area contributed by atoms with E-state index in [1.807, 2.05) is 23.7 Å². The van der Waals surface area contributed by atoms with E-state index in [1.54, 1.807) is 24.3 Å². The molecule has 1 N–H and O–H groups in total. The van der Waals surface area contributed by atoms with Crippen LogP contribution in [0.25, 0.3) is 11.4 Å². The molecule has 7 heteroatoms. The van der Waals surface area contributed by atoms with E-state index in [-0.39, 0.29) is 17.1 Å². The van der Waals surface area contributed by atoms with Gasteiger partial charge in [0.05, 0.1) is 17.4 Å². The van der Waals surface area contributed by atoms with E-state index in [1.165, 1.54) is 17.3 Å². The van der Waals surface area contributed by atoms with Crippen LogP contribution in [-0.2, 0) is 17.3 Å². The SMILES string of the molecule is Cn1c(SCC(=O)Nc2cccc(C#N)c2)nnc1-c1ccc(C(C)(C)C)cc1. The van der Waals surface area contributed by atoms with Gasteiger partial charge in [0, 0.05) is 18.3 Å². The van der Waals surface area contributed by atoms with Crippen molar-refractivity contribution in [1.29, 1.82) is 5.26 Å². The van der Waals surface area contributed by atoms with Gasteiger partial charge < -0.3 is 9.88 Å². The Morgan fingerprint density at radius 1 is 1.17 bits per heavy atom. The summed E-state index contributed by atoms with van der Waals surface area (Å²) in [5, 5.41) is 20.9. The topological polar surface area (TPSA) is 83.6 Å². The van der Waals surface area contributed by atoms with Gasteiger partial charge in [0.25, 0.3) is 0 Å². The van der Waals surface area contributed by atoms with Crippen molar-refractivity contribution in [3.63, 3.8) is 0 Å². The van der Waals surface area contributed by atoms with Gasteiger partial charge in [-0.1, -0.05) is 62.9 Å². The number of aromatic nitrogens is 3. The monoisotopic (exact) mass is 405 g/mol. The zero-order chi connectivity index (χ0) is 21.0. The zero-order valence-corrected chi connectivity index (χ0v) is 17.7. The molecule has 29 heavy (non-hydrogen) atoms. The molecule has 3 aromatic rings. The Kier molecular flexibility index (Phi) is 6.04. The first kappa shape index (κ1) is 20.6. The maximum atomic E-state index is 12.2. The Bertz CT molecular complexity index is 1060. The minimum atomic E-state index is -0.163. The van der Waals surface area contributed by atoms with Crippen molar-refractivity contribution in [3.8, 4) is 17.5 Å². The molecule has 0 aliphatic carbocycles. The van der Waals surface area contributed by atoms with E-state index >= 15 is 0 Å². The normalized spacial score (nSPS) is 11.1. The van der Waals surface area contributed by atoms with E-state index in [0.717, 1.165) is 11.4 Å². The molecule has 1 amide bonds. The molecule has 0 atom stereocenters. The van der Waals surface area contributed by atoms with Crippen LogP contribution in [0, 0.1) is 11.3 Å². The highest BCUT2D eigenvalue weighted by Gasteiger charge is 2.16. The number of amides is 1. The summed E-state index contributed by atoms with van der Waals surface area (Å²) in [5.41, 5.74) is 3.45. The predicted octanol–water partition coefficient (Wildman–Crippen LogP) is 4.38. The highest BCUT2D eigenvalue weighted by molar-refractivity contribution is 7.99. The summed E-state index contributed by atoms with van der Waals surface area (Å²) in [5.74, 6) is 0.797. The molecule has 0 aliphatic heterocycles. The fourth-order valence-corrected chi connectivity index (χ4v) is 3.52.